The van der Waals surface area contributed by atoms with Gasteiger partial charge in [0.05, 0.1) is 0 Å². The van der Waals surface area contributed by atoms with Gasteiger partial charge in [0.1, 0.15) is 0 Å². The lowest BCUT2D eigenvalue weighted by molar-refractivity contribution is -0.128. The number of carbonyl (C=O) groups excluding carboxylic acids is 1. The van der Waals surface area contributed by atoms with E-state index in [0.717, 1.165) is 19.5 Å². The van der Waals surface area contributed by atoms with Gasteiger partial charge in [-0.1, -0.05) is 31.9 Å². The van der Waals surface area contributed by atoms with Gasteiger partial charge in [-0.05, 0) is 13.3 Å². The van der Waals surface area contributed by atoms with Crippen molar-refractivity contribution in [2.75, 3.05) is 13.1 Å². The van der Waals surface area contributed by atoms with Crippen LogP contribution in [0.4, 0.5) is 0 Å². The molecule has 1 amide bonds. The molecule has 0 radical (unpaired) electrons. The molecule has 1 aliphatic heterocycles. The van der Waals surface area contributed by atoms with E-state index in [0.29, 0.717) is 0 Å². The van der Waals surface area contributed by atoms with Crippen LogP contribution in [0.5, 0.6) is 0 Å². The Kier molecular flexibility index (Phi) is 6.29. The van der Waals surface area contributed by atoms with Crippen molar-refractivity contribution in [2.24, 2.45) is 0 Å². The highest BCUT2D eigenvalue weighted by Crippen LogP contribution is 2.08. The number of amides is 1. The van der Waals surface area contributed by atoms with E-state index in [1.807, 2.05) is 4.90 Å². The summed E-state index contributed by atoms with van der Waals surface area (Å²) in [5, 5.41) is 0. The third-order valence-electron chi connectivity index (χ3n) is 1.88. The molecule has 0 aliphatic carbocycles. The Bertz CT molecular complexity index is 185. The fraction of sp³-hybridized carbons (Fsp3) is 0.727. The van der Waals surface area contributed by atoms with E-state index >= 15 is 0 Å². The molecular formula is C11H21NO. The Morgan fingerprint density at radius 1 is 1.54 bits per heavy atom. The molecule has 0 unspecified atom stereocenters. The van der Waals surface area contributed by atoms with E-state index in [1.165, 1.54) is 12.0 Å². The average molecular weight is 183 g/mol. The van der Waals surface area contributed by atoms with Gasteiger partial charge in [0.2, 0.25) is 5.91 Å². The van der Waals surface area contributed by atoms with E-state index in [9.17, 15) is 4.79 Å². The number of hydrogen-bond acceptors (Lipinski definition) is 1. The number of nitrogens with zero attached hydrogens (tertiary/aromatic N) is 1. The molecule has 0 atom stereocenters. The number of rotatable bonds is 0. The van der Waals surface area contributed by atoms with Crippen molar-refractivity contribution in [1.82, 2.24) is 4.90 Å². The van der Waals surface area contributed by atoms with Crippen LogP contribution in [0.1, 0.15) is 40.5 Å². The monoisotopic (exact) mass is 183 g/mol. The SMILES string of the molecule is CC(=O)N1CC=C(C)CC1.CCC. The summed E-state index contributed by atoms with van der Waals surface area (Å²) in [5.41, 5.74) is 1.40. The molecule has 0 saturated heterocycles. The van der Waals surface area contributed by atoms with Crippen LogP contribution in [0.2, 0.25) is 0 Å². The minimum atomic E-state index is 0.184. The number of carbonyl (C=O) groups is 1. The molecule has 13 heavy (non-hydrogen) atoms. The minimum absolute atomic E-state index is 0.184. The van der Waals surface area contributed by atoms with Gasteiger partial charge in [-0.25, -0.2) is 0 Å². The predicted molar refractivity (Wildman–Crippen MR) is 56.6 cm³/mol. The second-order valence-electron chi connectivity index (χ2n) is 3.47. The van der Waals surface area contributed by atoms with E-state index in [4.69, 9.17) is 0 Å². The zero-order chi connectivity index (χ0) is 10.3. The largest absolute Gasteiger partial charge is 0.339 e. The maximum Gasteiger partial charge on any atom is 0.219 e. The molecule has 0 aromatic carbocycles. The third-order valence-corrected chi connectivity index (χ3v) is 1.88. The Balaban J connectivity index is 0.000000424. The van der Waals surface area contributed by atoms with Gasteiger partial charge in [0.25, 0.3) is 0 Å². The lowest BCUT2D eigenvalue weighted by Gasteiger charge is -2.23. The molecular weight excluding hydrogens is 162 g/mol. The maximum absolute atomic E-state index is 10.8. The van der Waals surface area contributed by atoms with Crippen molar-refractivity contribution in [3.05, 3.63) is 11.6 Å². The first kappa shape index (κ1) is 12.2. The highest BCUT2D eigenvalue weighted by molar-refractivity contribution is 5.73. The van der Waals surface area contributed by atoms with Crippen LogP contribution in [0, 0.1) is 0 Å². The smallest absolute Gasteiger partial charge is 0.219 e. The summed E-state index contributed by atoms with van der Waals surface area (Å²) < 4.78 is 0. The van der Waals surface area contributed by atoms with Gasteiger partial charge in [-0.3, -0.25) is 4.79 Å². The molecule has 0 aromatic rings. The third kappa shape index (κ3) is 5.45. The zero-order valence-corrected chi connectivity index (χ0v) is 9.26. The van der Waals surface area contributed by atoms with E-state index < -0.39 is 0 Å². The average Bonchev–Trinajstić information content (AvgIpc) is 2.06. The summed E-state index contributed by atoms with van der Waals surface area (Å²) in [5.74, 6) is 0.184. The molecule has 0 aromatic heterocycles. The molecule has 76 valence electrons. The molecule has 0 bridgehead atoms. The van der Waals surface area contributed by atoms with Crippen LogP contribution in [0.25, 0.3) is 0 Å². The fourth-order valence-corrected chi connectivity index (χ4v) is 1.06. The Hall–Kier alpha value is -0.790. The second-order valence-corrected chi connectivity index (χ2v) is 3.47. The van der Waals surface area contributed by atoms with Crippen molar-refractivity contribution >= 4 is 5.91 Å². The van der Waals surface area contributed by atoms with Gasteiger partial charge < -0.3 is 4.90 Å². The Morgan fingerprint density at radius 2 is 2.08 bits per heavy atom. The standard InChI is InChI=1S/C8H13NO.C3H8/c1-7-3-5-9(6-4-7)8(2)10;1-3-2/h3H,4-6H2,1-2H3;3H2,1-2H3. The van der Waals surface area contributed by atoms with Crippen molar-refractivity contribution in [2.45, 2.75) is 40.5 Å². The van der Waals surface area contributed by atoms with E-state index in [-0.39, 0.29) is 5.91 Å². The highest BCUT2D eigenvalue weighted by atomic mass is 16.2. The molecule has 0 N–H and O–H groups in total. The first-order valence-corrected chi connectivity index (χ1v) is 5.02. The Labute approximate surface area is 81.6 Å². The molecule has 0 spiro atoms. The van der Waals surface area contributed by atoms with Gasteiger partial charge in [0, 0.05) is 20.0 Å². The van der Waals surface area contributed by atoms with Crippen LogP contribution in [0.3, 0.4) is 0 Å². The van der Waals surface area contributed by atoms with Gasteiger partial charge in [-0.15, -0.1) is 0 Å². The van der Waals surface area contributed by atoms with Crippen LogP contribution in [-0.2, 0) is 4.79 Å². The maximum atomic E-state index is 10.8. The van der Waals surface area contributed by atoms with Crippen LogP contribution >= 0.6 is 0 Å². The van der Waals surface area contributed by atoms with Crippen molar-refractivity contribution in [1.29, 1.82) is 0 Å². The van der Waals surface area contributed by atoms with Gasteiger partial charge in [0.15, 0.2) is 0 Å². The van der Waals surface area contributed by atoms with Gasteiger partial charge >= 0.3 is 0 Å². The molecule has 1 rings (SSSR count). The lowest BCUT2D eigenvalue weighted by atomic mass is 10.1. The molecule has 2 nitrogen and oxygen atoms in total. The minimum Gasteiger partial charge on any atom is -0.339 e. The zero-order valence-electron chi connectivity index (χ0n) is 9.26. The molecule has 2 heteroatoms. The van der Waals surface area contributed by atoms with E-state index in [2.05, 4.69) is 26.8 Å². The molecule has 1 heterocycles. The summed E-state index contributed by atoms with van der Waals surface area (Å²) in [6.07, 6.45) is 4.41. The van der Waals surface area contributed by atoms with E-state index in [1.54, 1.807) is 6.92 Å². The first-order valence-electron chi connectivity index (χ1n) is 5.02. The quantitative estimate of drug-likeness (QED) is 0.529. The summed E-state index contributed by atoms with van der Waals surface area (Å²) in [4.78, 5) is 12.7. The molecule has 1 aliphatic rings. The molecule has 0 fully saturated rings. The molecule has 0 saturated carbocycles. The Morgan fingerprint density at radius 3 is 2.38 bits per heavy atom. The summed E-state index contributed by atoms with van der Waals surface area (Å²) in [6, 6.07) is 0. The van der Waals surface area contributed by atoms with Crippen molar-refractivity contribution in [3.63, 3.8) is 0 Å². The predicted octanol–water partition coefficient (Wildman–Crippen LogP) is 2.60. The fourth-order valence-electron chi connectivity index (χ4n) is 1.06. The van der Waals surface area contributed by atoms with Crippen LogP contribution in [0.15, 0.2) is 11.6 Å². The summed E-state index contributed by atoms with van der Waals surface area (Å²) >= 11 is 0. The first-order chi connectivity index (χ1) is 6.11. The van der Waals surface area contributed by atoms with Crippen LogP contribution < -0.4 is 0 Å². The normalized spacial score (nSPS) is 15.7. The summed E-state index contributed by atoms with van der Waals surface area (Å²) in [7, 11) is 0. The summed E-state index contributed by atoms with van der Waals surface area (Å²) in [6.45, 7) is 9.69. The highest BCUT2D eigenvalue weighted by Gasteiger charge is 2.10. The topological polar surface area (TPSA) is 20.3 Å². The van der Waals surface area contributed by atoms with Crippen molar-refractivity contribution in [3.8, 4) is 0 Å². The lowest BCUT2D eigenvalue weighted by Crippen LogP contribution is -2.32. The van der Waals surface area contributed by atoms with Crippen LogP contribution in [-0.4, -0.2) is 23.9 Å². The number of hydrogen-bond donors (Lipinski definition) is 0. The van der Waals surface area contributed by atoms with Gasteiger partial charge in [-0.2, -0.15) is 0 Å². The van der Waals surface area contributed by atoms with Crippen molar-refractivity contribution < 1.29 is 4.79 Å². The second kappa shape index (κ2) is 6.70.